The number of aromatic nitrogens is 2. The van der Waals surface area contributed by atoms with Crippen molar-refractivity contribution in [1.29, 1.82) is 0 Å². The maximum atomic E-state index is 12.5. The van der Waals surface area contributed by atoms with E-state index in [4.69, 9.17) is 11.4 Å². The van der Waals surface area contributed by atoms with Crippen LogP contribution in [0.4, 0.5) is 5.82 Å². The number of hydrogen-bond donors (Lipinski definition) is 1. The zero-order chi connectivity index (χ0) is 21.0. The first-order valence-electron chi connectivity index (χ1n) is 9.44. The summed E-state index contributed by atoms with van der Waals surface area (Å²) in [6.45, 7) is 10.2. The molecule has 0 aliphatic heterocycles. The fourth-order valence-electron chi connectivity index (χ4n) is 3.25. The van der Waals surface area contributed by atoms with E-state index in [2.05, 4.69) is 42.5 Å². The third-order valence-corrected chi connectivity index (χ3v) is 4.78. The van der Waals surface area contributed by atoms with Crippen LogP contribution < -0.4 is 5.69 Å². The Morgan fingerprint density at radius 3 is 2.52 bits per heavy atom. The summed E-state index contributed by atoms with van der Waals surface area (Å²) >= 11 is 0. The van der Waals surface area contributed by atoms with Crippen LogP contribution in [0.25, 0.3) is 0 Å². The van der Waals surface area contributed by atoms with E-state index >= 15 is 0 Å². The van der Waals surface area contributed by atoms with Crippen molar-refractivity contribution in [3.63, 3.8) is 0 Å². The van der Waals surface area contributed by atoms with Gasteiger partial charge in [-0.2, -0.15) is 0 Å². The predicted octanol–water partition coefficient (Wildman–Crippen LogP) is 4.42. The lowest BCUT2D eigenvalue weighted by Crippen LogP contribution is -2.17. The molecule has 0 unspecified atom stereocenters. The van der Waals surface area contributed by atoms with Gasteiger partial charge < -0.3 is 4.98 Å². The Kier molecular flexibility index (Phi) is 5.94. The monoisotopic (exact) mass is 384 g/mol. The zero-order valence-electron chi connectivity index (χ0n) is 16.9. The van der Waals surface area contributed by atoms with Crippen LogP contribution in [0.15, 0.2) is 63.3 Å². The Balaban J connectivity index is 2.08. The predicted molar refractivity (Wildman–Crippen MR) is 120 cm³/mol. The normalized spacial score (nSPS) is 11.5. The third kappa shape index (κ3) is 4.27. The second-order valence-electron chi connectivity index (χ2n) is 7.14. The van der Waals surface area contributed by atoms with Gasteiger partial charge in [0, 0.05) is 11.1 Å². The highest BCUT2D eigenvalue weighted by Crippen LogP contribution is 2.24. The molecule has 0 atom stereocenters. The van der Waals surface area contributed by atoms with Gasteiger partial charge in [0.1, 0.15) is 0 Å². The van der Waals surface area contributed by atoms with Gasteiger partial charge in [0.25, 0.3) is 0 Å². The lowest BCUT2D eigenvalue weighted by Gasteiger charge is -2.12. The molecule has 0 amide bonds. The molecule has 0 aliphatic carbocycles. The number of H-pyrrole nitrogens is 1. The second kappa shape index (κ2) is 8.57. The molecule has 0 radical (unpaired) electrons. The van der Waals surface area contributed by atoms with Crippen LogP contribution in [0.2, 0.25) is 0 Å². The van der Waals surface area contributed by atoms with Gasteiger partial charge in [0.05, 0.1) is 12.2 Å². The summed E-state index contributed by atoms with van der Waals surface area (Å²) in [5.74, 6) is 3.94. The summed E-state index contributed by atoms with van der Waals surface area (Å²) in [5.41, 5.74) is 4.26. The van der Waals surface area contributed by atoms with E-state index in [-0.39, 0.29) is 5.69 Å². The average Bonchev–Trinajstić information content (AvgIpc) is 2.99. The molecule has 0 spiro atoms. The first-order valence-corrected chi connectivity index (χ1v) is 9.44. The first kappa shape index (κ1) is 20.1. The summed E-state index contributed by atoms with van der Waals surface area (Å²) < 4.78 is 1.60. The van der Waals surface area contributed by atoms with Crippen molar-refractivity contribution >= 4 is 18.4 Å². The van der Waals surface area contributed by atoms with Crippen molar-refractivity contribution in [1.82, 2.24) is 9.55 Å². The summed E-state index contributed by atoms with van der Waals surface area (Å²) in [7, 11) is 0. The van der Waals surface area contributed by atoms with Crippen LogP contribution in [-0.2, 0) is 6.54 Å². The quantitative estimate of drug-likeness (QED) is 0.395. The number of nitrogens with zero attached hydrogens (tertiary/aromatic N) is 3. The van der Waals surface area contributed by atoms with Crippen molar-refractivity contribution in [2.75, 3.05) is 0 Å². The number of amidine groups is 1. The highest BCUT2D eigenvalue weighted by molar-refractivity contribution is 6.04. The minimum atomic E-state index is -0.220. The van der Waals surface area contributed by atoms with Crippen LogP contribution in [0.3, 0.4) is 0 Å². The van der Waals surface area contributed by atoms with E-state index in [1.54, 1.807) is 4.57 Å². The third-order valence-electron chi connectivity index (χ3n) is 4.78. The molecule has 0 saturated heterocycles. The molecule has 1 heterocycles. The molecule has 3 aromatic rings. The molecule has 0 bridgehead atoms. The molecule has 1 N–H and O–H groups in total. The van der Waals surface area contributed by atoms with Crippen LogP contribution in [0.1, 0.15) is 47.7 Å². The Bertz CT molecular complexity index is 1150. The Labute approximate surface area is 170 Å². The molecule has 5 heteroatoms. The molecule has 0 aliphatic rings. The highest BCUT2D eigenvalue weighted by Gasteiger charge is 2.15. The van der Waals surface area contributed by atoms with E-state index < -0.39 is 0 Å². The number of terminal acetylenes is 1. The lowest BCUT2D eigenvalue weighted by molar-refractivity contribution is 0.764. The fourth-order valence-corrected chi connectivity index (χ4v) is 3.25. The number of aromatic amines is 1. The van der Waals surface area contributed by atoms with E-state index in [1.807, 2.05) is 49.4 Å². The first-order chi connectivity index (χ1) is 13.9. The van der Waals surface area contributed by atoms with E-state index in [0.29, 0.717) is 29.8 Å². The van der Waals surface area contributed by atoms with Gasteiger partial charge in [0.2, 0.25) is 0 Å². The van der Waals surface area contributed by atoms with Gasteiger partial charge in [-0.1, -0.05) is 56.2 Å². The summed E-state index contributed by atoms with van der Waals surface area (Å²) in [4.78, 5) is 24.3. The van der Waals surface area contributed by atoms with E-state index in [0.717, 1.165) is 22.3 Å². The number of imidazole rings is 1. The standard InChI is InChI=1S/C24H24N4O/c1-6-18-11-13-19(14-12-18)15-28-23(17(4)26-24(28)29)27-22(25-5)21-10-8-7-9-20(21)16(2)3/h1,7-14,16H,5,15H2,2-4H3,(H,26,29). The van der Waals surface area contributed by atoms with E-state index in [1.165, 1.54) is 0 Å². The minimum Gasteiger partial charge on any atom is -0.308 e. The molecule has 29 heavy (non-hydrogen) atoms. The highest BCUT2D eigenvalue weighted by atomic mass is 16.1. The van der Waals surface area contributed by atoms with Gasteiger partial charge in [0.15, 0.2) is 11.7 Å². The molecule has 2 aromatic carbocycles. The van der Waals surface area contributed by atoms with Gasteiger partial charge in [-0.3, -0.25) is 4.57 Å². The molecule has 5 nitrogen and oxygen atoms in total. The number of rotatable bonds is 5. The average molecular weight is 384 g/mol. The van der Waals surface area contributed by atoms with Crippen molar-refractivity contribution in [2.24, 2.45) is 9.98 Å². The molecular weight excluding hydrogens is 360 g/mol. The molecule has 146 valence electrons. The number of nitrogens with one attached hydrogen (secondary N) is 1. The number of hydrogen-bond acceptors (Lipinski definition) is 2. The van der Waals surface area contributed by atoms with Crippen LogP contribution in [0.5, 0.6) is 0 Å². The van der Waals surface area contributed by atoms with E-state index in [9.17, 15) is 4.79 Å². The van der Waals surface area contributed by atoms with Gasteiger partial charge >= 0.3 is 5.69 Å². The smallest absolute Gasteiger partial charge is 0.308 e. The maximum Gasteiger partial charge on any atom is 0.327 e. The number of benzene rings is 2. The van der Waals surface area contributed by atoms with Crippen molar-refractivity contribution < 1.29 is 0 Å². The molecule has 3 rings (SSSR count). The van der Waals surface area contributed by atoms with Crippen molar-refractivity contribution in [3.05, 3.63) is 87.0 Å². The summed E-state index contributed by atoms with van der Waals surface area (Å²) in [5, 5.41) is 0. The Morgan fingerprint density at radius 1 is 1.21 bits per heavy atom. The van der Waals surface area contributed by atoms with Crippen LogP contribution in [0, 0.1) is 19.3 Å². The topological polar surface area (TPSA) is 62.5 Å². The summed E-state index contributed by atoms with van der Waals surface area (Å²) in [6.07, 6.45) is 5.42. The maximum absolute atomic E-state index is 12.5. The van der Waals surface area contributed by atoms with Gasteiger partial charge in [-0.25, -0.2) is 14.8 Å². The molecule has 0 fully saturated rings. The minimum absolute atomic E-state index is 0.220. The SMILES string of the molecule is C#Cc1ccc(Cn2c(N=C(N=C)c3ccccc3C(C)C)c(C)[nH]c2=O)cc1. The van der Waals surface area contributed by atoms with Gasteiger partial charge in [-0.05, 0) is 42.8 Å². The Morgan fingerprint density at radius 2 is 1.90 bits per heavy atom. The van der Waals surface area contributed by atoms with Crippen LogP contribution >= 0.6 is 0 Å². The van der Waals surface area contributed by atoms with Gasteiger partial charge in [-0.15, -0.1) is 6.42 Å². The second-order valence-corrected chi connectivity index (χ2v) is 7.14. The van der Waals surface area contributed by atoms with Crippen molar-refractivity contribution in [3.8, 4) is 12.3 Å². The largest absolute Gasteiger partial charge is 0.327 e. The molecular formula is C24H24N4O. The zero-order valence-corrected chi connectivity index (χ0v) is 16.9. The molecule has 0 saturated carbocycles. The number of aliphatic imine (C=N–C) groups is 2. The molecule has 1 aromatic heterocycles. The lowest BCUT2D eigenvalue weighted by atomic mass is 9.96. The van der Waals surface area contributed by atoms with Crippen LogP contribution in [-0.4, -0.2) is 22.1 Å². The fraction of sp³-hybridized carbons (Fsp3) is 0.208. The number of aryl methyl sites for hydroxylation is 1. The van der Waals surface area contributed by atoms with Crippen molar-refractivity contribution in [2.45, 2.75) is 33.2 Å². The summed E-state index contributed by atoms with van der Waals surface area (Å²) in [6, 6.07) is 15.5. The Hall–Kier alpha value is -3.65.